The average molecular weight is 517 g/mol. The summed E-state index contributed by atoms with van der Waals surface area (Å²) < 4.78 is 0. The molecular weight excluding hydrogens is 483 g/mol. The largest absolute Gasteiger partial charge is 0.660 e. The Morgan fingerprint density at radius 3 is 2.66 bits per heavy atom. The third kappa shape index (κ3) is 8.53. The van der Waals surface area contributed by atoms with E-state index in [0.717, 1.165) is 44.8 Å². The number of amides is 1. The van der Waals surface area contributed by atoms with Crippen molar-refractivity contribution in [3.63, 3.8) is 0 Å². The fourth-order valence-corrected chi connectivity index (χ4v) is 4.43. The van der Waals surface area contributed by atoms with Crippen LogP contribution in [0.15, 0.2) is 41.7 Å². The van der Waals surface area contributed by atoms with Crippen molar-refractivity contribution in [2.24, 2.45) is 16.3 Å². The molecule has 1 aliphatic carbocycles. The van der Waals surface area contributed by atoms with Crippen molar-refractivity contribution in [3.05, 3.63) is 47.4 Å². The van der Waals surface area contributed by atoms with Gasteiger partial charge >= 0.3 is 0 Å². The van der Waals surface area contributed by atoms with E-state index in [1.54, 1.807) is 0 Å². The summed E-state index contributed by atoms with van der Waals surface area (Å²) in [7, 11) is 0. The molecule has 1 aromatic carbocycles. The summed E-state index contributed by atoms with van der Waals surface area (Å²) in [6.07, 6.45) is 6.75. The van der Waals surface area contributed by atoms with Gasteiger partial charge in [-0.15, -0.1) is 13.1 Å². The van der Waals surface area contributed by atoms with E-state index in [0.29, 0.717) is 17.9 Å². The van der Waals surface area contributed by atoms with Crippen LogP contribution in [0.3, 0.4) is 0 Å². The number of carbonyl (C=O) groups excluding carboxylic acids is 1. The van der Waals surface area contributed by atoms with Gasteiger partial charge in [-0.2, -0.15) is 0 Å². The second-order valence-electron chi connectivity index (χ2n) is 8.48. The Labute approximate surface area is 215 Å². The summed E-state index contributed by atoms with van der Waals surface area (Å²) in [5.74, 6) is 0.248. The third-order valence-electron chi connectivity index (χ3n) is 5.83. The predicted molar refractivity (Wildman–Crippen MR) is 123 cm³/mol. The van der Waals surface area contributed by atoms with Crippen molar-refractivity contribution < 1.29 is 42.7 Å². The van der Waals surface area contributed by atoms with Crippen molar-refractivity contribution in [1.29, 1.82) is 0 Å². The van der Waals surface area contributed by atoms with Gasteiger partial charge in [0.25, 0.3) is 0 Å². The third-order valence-corrected chi connectivity index (χ3v) is 5.83. The first-order valence-corrected chi connectivity index (χ1v) is 10.9. The van der Waals surface area contributed by atoms with Crippen molar-refractivity contribution in [1.82, 2.24) is 15.5 Å². The Kier molecular flexibility index (Phi) is 11.8. The van der Waals surface area contributed by atoms with E-state index < -0.39 is 0 Å². The molecule has 2 saturated heterocycles. The number of nitrogens with one attached hydrogen (secondary N) is 3. The SMILES string of the molecule is C1CNCC[N-]1.NC1CC2(C1)CN(CCc1cccc(NC(/C=C\NC=O)=N/O)c1)C2.[Y]. The van der Waals surface area contributed by atoms with E-state index in [1.165, 1.54) is 43.8 Å². The monoisotopic (exact) mass is 517 g/mol. The van der Waals surface area contributed by atoms with Crippen LogP contribution in [-0.4, -0.2) is 74.2 Å². The van der Waals surface area contributed by atoms with Gasteiger partial charge in [0.15, 0.2) is 5.84 Å². The van der Waals surface area contributed by atoms with E-state index in [4.69, 9.17) is 10.9 Å². The molecule has 3 fully saturated rings. The molecule has 1 radical (unpaired) electrons. The molecule has 6 N–H and O–H groups in total. The number of benzene rings is 1. The van der Waals surface area contributed by atoms with Gasteiger partial charge in [0.2, 0.25) is 6.41 Å². The minimum absolute atomic E-state index is 0. The molecule has 1 saturated carbocycles. The molecule has 1 aromatic rings. The van der Waals surface area contributed by atoms with Crippen LogP contribution >= 0.6 is 0 Å². The van der Waals surface area contributed by atoms with Crippen LogP contribution in [0.1, 0.15) is 18.4 Å². The molecule has 2 heterocycles. The number of amidine groups is 1. The first-order valence-electron chi connectivity index (χ1n) is 10.9. The minimum Gasteiger partial charge on any atom is -0.660 e. The zero-order chi connectivity index (χ0) is 21.9. The number of anilines is 1. The van der Waals surface area contributed by atoms with Crippen LogP contribution in [0.4, 0.5) is 5.69 Å². The van der Waals surface area contributed by atoms with Gasteiger partial charge in [-0.3, -0.25) is 4.79 Å². The molecule has 1 spiro atoms. The maximum atomic E-state index is 10.2. The molecule has 0 bridgehead atoms. The Bertz CT molecular complexity index is 745. The quantitative estimate of drug-likeness (QED) is 0.121. The number of hydrogen-bond acceptors (Lipinski definition) is 6. The summed E-state index contributed by atoms with van der Waals surface area (Å²) in [5, 5.41) is 24.9. The second kappa shape index (κ2) is 14.0. The van der Waals surface area contributed by atoms with Crippen LogP contribution < -0.4 is 21.7 Å². The minimum atomic E-state index is 0. The number of carbonyl (C=O) groups is 1. The van der Waals surface area contributed by atoms with E-state index in [-0.39, 0.29) is 38.5 Å². The molecule has 9 nitrogen and oxygen atoms in total. The Morgan fingerprint density at radius 1 is 1.34 bits per heavy atom. The number of oxime groups is 1. The molecule has 173 valence electrons. The van der Waals surface area contributed by atoms with Crippen molar-refractivity contribution in [3.8, 4) is 0 Å². The Balaban J connectivity index is 0.000000450. The summed E-state index contributed by atoms with van der Waals surface area (Å²) >= 11 is 0. The van der Waals surface area contributed by atoms with Crippen molar-refractivity contribution >= 4 is 17.9 Å². The van der Waals surface area contributed by atoms with E-state index in [1.807, 2.05) is 18.2 Å². The smallest absolute Gasteiger partial charge is 0.211 e. The molecule has 0 atom stereocenters. The molecule has 4 rings (SSSR count). The number of nitrogens with two attached hydrogens (primary N) is 1. The Hall–Kier alpha value is -1.36. The fourth-order valence-electron chi connectivity index (χ4n) is 4.43. The van der Waals surface area contributed by atoms with E-state index in [9.17, 15) is 4.79 Å². The summed E-state index contributed by atoms with van der Waals surface area (Å²) in [6, 6.07) is 8.44. The summed E-state index contributed by atoms with van der Waals surface area (Å²) in [6.45, 7) is 7.59. The number of piperazine rings is 1. The molecule has 0 aromatic heterocycles. The van der Waals surface area contributed by atoms with E-state index in [2.05, 4.69) is 37.4 Å². The maximum Gasteiger partial charge on any atom is 0.211 e. The zero-order valence-electron chi connectivity index (χ0n) is 18.5. The summed E-state index contributed by atoms with van der Waals surface area (Å²) in [5.41, 5.74) is 8.49. The predicted octanol–water partition coefficient (Wildman–Crippen LogP) is 1.07. The van der Waals surface area contributed by atoms with Gasteiger partial charge in [0, 0.05) is 76.3 Å². The maximum absolute atomic E-state index is 10.2. The number of rotatable bonds is 7. The number of nitrogens with zero attached hydrogens (tertiary/aromatic N) is 3. The van der Waals surface area contributed by atoms with E-state index >= 15 is 0 Å². The first-order chi connectivity index (χ1) is 15.1. The summed E-state index contributed by atoms with van der Waals surface area (Å²) in [4.78, 5) is 12.7. The zero-order valence-corrected chi connectivity index (χ0v) is 21.4. The Morgan fingerprint density at radius 2 is 2.09 bits per heavy atom. The van der Waals surface area contributed by atoms with Gasteiger partial charge in [-0.05, 0) is 55.5 Å². The van der Waals surface area contributed by atoms with Gasteiger partial charge in [-0.25, -0.2) is 0 Å². The number of hydrogen-bond donors (Lipinski definition) is 5. The first kappa shape index (κ1) is 26.9. The normalized spacial score (nSPS) is 20.3. The average Bonchev–Trinajstić information content (AvgIpc) is 2.76. The van der Waals surface area contributed by atoms with Crippen LogP contribution in [0.5, 0.6) is 0 Å². The second-order valence-corrected chi connectivity index (χ2v) is 8.48. The molecule has 10 heteroatoms. The molecular formula is C22H34N7O2Y-. The standard InChI is InChI=1S/C18H25N5O2.C4H9N2.Y/c19-15-9-18(10-15)11-23(12-18)7-5-14-2-1-3-16(8-14)21-17(22-25)4-6-20-13-24;1-2-6-4-3-5-1;/h1-4,6,8,13,15,25H,5,7,9-12,19H2,(H,20,24)(H,21,22);5H,1-4H2;/q;-1;/b6-4-;;. The van der Waals surface area contributed by atoms with Crippen molar-refractivity contribution in [2.75, 3.05) is 51.1 Å². The van der Waals surface area contributed by atoms with Crippen LogP contribution in [0.2, 0.25) is 0 Å². The molecule has 1 amide bonds. The van der Waals surface area contributed by atoms with Crippen LogP contribution in [-0.2, 0) is 43.9 Å². The van der Waals surface area contributed by atoms with Gasteiger partial charge in [0.1, 0.15) is 0 Å². The molecule has 3 aliphatic rings. The molecule has 32 heavy (non-hydrogen) atoms. The van der Waals surface area contributed by atoms with Gasteiger partial charge in [-0.1, -0.05) is 17.3 Å². The van der Waals surface area contributed by atoms with Crippen molar-refractivity contribution in [2.45, 2.75) is 25.3 Å². The molecule has 2 aliphatic heterocycles. The van der Waals surface area contributed by atoms with Crippen LogP contribution in [0.25, 0.3) is 5.32 Å². The molecule has 0 unspecified atom stereocenters. The topological polar surface area (TPSA) is 129 Å². The van der Waals surface area contributed by atoms with Crippen LogP contribution in [0, 0.1) is 5.41 Å². The van der Waals surface area contributed by atoms with Gasteiger partial charge < -0.3 is 37.1 Å². The van der Waals surface area contributed by atoms with Gasteiger partial charge in [0.05, 0.1) is 0 Å². The fraction of sp³-hybridized carbons (Fsp3) is 0.545. The number of likely N-dealkylation sites (tertiary alicyclic amines) is 1.